The number of para-hydroxylation sites is 1. The van der Waals surface area contributed by atoms with E-state index in [4.69, 9.17) is 4.74 Å². The van der Waals surface area contributed by atoms with Crippen LogP contribution in [0.5, 0.6) is 0 Å². The molecule has 1 amide bonds. The van der Waals surface area contributed by atoms with Crippen LogP contribution in [-0.2, 0) is 9.53 Å². The first-order valence-corrected chi connectivity index (χ1v) is 9.73. The number of hydrogen-bond acceptors (Lipinski definition) is 5. The standard InChI is InChI=1S/C22H26N4O2/c1-16-14-17(6-7-20(16)23-8-9-26-10-12-28-13-11-26)24-15-19-18-4-2-3-5-21(18)25-22(19)27/h2-7,14-15,23-24H,8-13H2,1H3,(H,25,27)/b19-15+. The number of benzene rings is 2. The van der Waals surface area contributed by atoms with E-state index in [1.807, 2.05) is 30.3 Å². The Morgan fingerprint density at radius 1 is 1.18 bits per heavy atom. The molecule has 0 aliphatic carbocycles. The number of nitrogens with zero attached hydrogens (tertiary/aromatic N) is 1. The Kier molecular flexibility index (Phi) is 5.60. The molecule has 0 aromatic heterocycles. The van der Waals surface area contributed by atoms with Gasteiger partial charge in [-0.1, -0.05) is 18.2 Å². The molecule has 2 aromatic rings. The highest BCUT2D eigenvalue weighted by molar-refractivity contribution is 6.31. The fourth-order valence-corrected chi connectivity index (χ4v) is 3.56. The maximum absolute atomic E-state index is 12.2. The largest absolute Gasteiger partial charge is 0.384 e. The molecule has 0 spiro atoms. The zero-order chi connectivity index (χ0) is 19.3. The van der Waals surface area contributed by atoms with Gasteiger partial charge in [-0.15, -0.1) is 0 Å². The molecule has 1 saturated heterocycles. The predicted molar refractivity (Wildman–Crippen MR) is 114 cm³/mol. The fourth-order valence-electron chi connectivity index (χ4n) is 3.56. The van der Waals surface area contributed by atoms with E-state index in [1.54, 1.807) is 6.20 Å². The molecule has 2 aliphatic rings. The minimum atomic E-state index is -0.0770. The summed E-state index contributed by atoms with van der Waals surface area (Å²) in [5.41, 5.74) is 5.70. The number of nitrogens with one attached hydrogen (secondary N) is 3. The third-order valence-corrected chi connectivity index (χ3v) is 5.17. The van der Waals surface area contributed by atoms with E-state index in [0.717, 1.165) is 62.0 Å². The van der Waals surface area contributed by atoms with Gasteiger partial charge in [-0.05, 0) is 36.8 Å². The summed E-state index contributed by atoms with van der Waals surface area (Å²) in [6.07, 6.45) is 1.78. The molecule has 0 bridgehead atoms. The number of anilines is 3. The lowest BCUT2D eigenvalue weighted by Crippen LogP contribution is -2.39. The molecular weight excluding hydrogens is 352 g/mol. The Hall–Kier alpha value is -2.83. The van der Waals surface area contributed by atoms with Crippen LogP contribution in [0.25, 0.3) is 5.57 Å². The van der Waals surface area contributed by atoms with E-state index < -0.39 is 0 Å². The lowest BCUT2D eigenvalue weighted by molar-refractivity contribution is -0.110. The van der Waals surface area contributed by atoms with Gasteiger partial charge in [0.25, 0.3) is 5.91 Å². The molecule has 1 fully saturated rings. The average molecular weight is 378 g/mol. The van der Waals surface area contributed by atoms with Crippen LogP contribution >= 0.6 is 0 Å². The van der Waals surface area contributed by atoms with E-state index in [-0.39, 0.29) is 5.91 Å². The second-order valence-electron chi connectivity index (χ2n) is 7.11. The first-order chi connectivity index (χ1) is 13.7. The third kappa shape index (κ3) is 4.18. The Balaban J connectivity index is 1.36. The average Bonchev–Trinajstić information content (AvgIpc) is 3.04. The van der Waals surface area contributed by atoms with Gasteiger partial charge in [0.15, 0.2) is 0 Å². The zero-order valence-corrected chi connectivity index (χ0v) is 16.1. The summed E-state index contributed by atoms with van der Waals surface area (Å²) >= 11 is 0. The van der Waals surface area contributed by atoms with Crippen LogP contribution in [0.3, 0.4) is 0 Å². The van der Waals surface area contributed by atoms with Crippen molar-refractivity contribution >= 4 is 28.5 Å². The van der Waals surface area contributed by atoms with Crippen LogP contribution in [0.1, 0.15) is 11.1 Å². The highest BCUT2D eigenvalue weighted by Gasteiger charge is 2.23. The van der Waals surface area contributed by atoms with Crippen LogP contribution in [0.15, 0.2) is 48.7 Å². The number of carbonyl (C=O) groups excluding carboxylic acids is 1. The van der Waals surface area contributed by atoms with E-state index in [0.29, 0.717) is 5.57 Å². The summed E-state index contributed by atoms with van der Waals surface area (Å²) in [7, 11) is 0. The number of fused-ring (bicyclic) bond motifs is 1. The zero-order valence-electron chi connectivity index (χ0n) is 16.1. The monoisotopic (exact) mass is 378 g/mol. The Morgan fingerprint density at radius 3 is 2.82 bits per heavy atom. The molecule has 0 atom stereocenters. The molecule has 4 rings (SSSR count). The lowest BCUT2D eigenvalue weighted by Gasteiger charge is -2.26. The van der Waals surface area contributed by atoms with Gasteiger partial charge >= 0.3 is 0 Å². The maximum atomic E-state index is 12.2. The highest BCUT2D eigenvalue weighted by Crippen LogP contribution is 2.31. The number of amides is 1. The van der Waals surface area contributed by atoms with Crippen molar-refractivity contribution in [3.8, 4) is 0 Å². The van der Waals surface area contributed by atoms with Crippen LogP contribution in [0, 0.1) is 6.92 Å². The van der Waals surface area contributed by atoms with Crippen LogP contribution in [-0.4, -0.2) is 50.2 Å². The minimum absolute atomic E-state index is 0.0770. The molecular formula is C22H26N4O2. The molecule has 6 nitrogen and oxygen atoms in total. The van der Waals surface area contributed by atoms with Gasteiger partial charge in [0.1, 0.15) is 0 Å². The SMILES string of the molecule is Cc1cc(N/C=C2/C(=O)Nc3ccccc32)ccc1NCCN1CCOCC1. The Morgan fingerprint density at radius 2 is 2.00 bits per heavy atom. The molecule has 2 aromatic carbocycles. The van der Waals surface area contributed by atoms with Crippen molar-refractivity contribution in [3.05, 3.63) is 59.8 Å². The van der Waals surface area contributed by atoms with Crippen molar-refractivity contribution in [2.24, 2.45) is 0 Å². The van der Waals surface area contributed by atoms with Gasteiger partial charge < -0.3 is 20.7 Å². The second-order valence-corrected chi connectivity index (χ2v) is 7.11. The van der Waals surface area contributed by atoms with Crippen molar-refractivity contribution in [2.75, 3.05) is 55.3 Å². The van der Waals surface area contributed by atoms with Crippen molar-refractivity contribution in [1.82, 2.24) is 4.90 Å². The Labute approximate surface area is 165 Å². The van der Waals surface area contributed by atoms with Gasteiger partial charge in [-0.2, -0.15) is 0 Å². The second kappa shape index (κ2) is 8.46. The summed E-state index contributed by atoms with van der Waals surface area (Å²) < 4.78 is 5.38. The number of rotatable bonds is 6. The van der Waals surface area contributed by atoms with Gasteiger partial charge in [0.2, 0.25) is 0 Å². The minimum Gasteiger partial charge on any atom is -0.384 e. The normalized spacial score (nSPS) is 18.0. The summed E-state index contributed by atoms with van der Waals surface area (Å²) in [6.45, 7) is 7.70. The van der Waals surface area contributed by atoms with Crippen LogP contribution in [0.4, 0.5) is 17.1 Å². The summed E-state index contributed by atoms with van der Waals surface area (Å²) in [4.78, 5) is 14.6. The van der Waals surface area contributed by atoms with Gasteiger partial charge in [0.05, 0.1) is 18.8 Å². The predicted octanol–water partition coefficient (Wildman–Crippen LogP) is 3.14. The number of morpholine rings is 1. The molecule has 0 radical (unpaired) electrons. The molecule has 6 heteroatoms. The van der Waals surface area contributed by atoms with Crippen LogP contribution < -0.4 is 16.0 Å². The lowest BCUT2D eigenvalue weighted by atomic mass is 10.1. The molecule has 2 aliphatic heterocycles. The van der Waals surface area contributed by atoms with Crippen molar-refractivity contribution < 1.29 is 9.53 Å². The van der Waals surface area contributed by atoms with E-state index in [1.165, 1.54) is 5.56 Å². The fraction of sp³-hybridized carbons (Fsp3) is 0.318. The van der Waals surface area contributed by atoms with Crippen molar-refractivity contribution in [3.63, 3.8) is 0 Å². The summed E-state index contributed by atoms with van der Waals surface area (Å²) in [5.74, 6) is -0.0770. The van der Waals surface area contributed by atoms with Gasteiger partial charge in [-0.3, -0.25) is 9.69 Å². The van der Waals surface area contributed by atoms with Crippen molar-refractivity contribution in [1.29, 1.82) is 0 Å². The first kappa shape index (κ1) is 18.5. The smallest absolute Gasteiger partial charge is 0.257 e. The molecule has 0 unspecified atom stereocenters. The number of carbonyl (C=O) groups is 1. The summed E-state index contributed by atoms with van der Waals surface area (Å²) in [6, 6.07) is 13.9. The quantitative estimate of drug-likeness (QED) is 0.674. The molecule has 28 heavy (non-hydrogen) atoms. The topological polar surface area (TPSA) is 65.6 Å². The first-order valence-electron chi connectivity index (χ1n) is 9.73. The summed E-state index contributed by atoms with van der Waals surface area (Å²) in [5, 5.41) is 9.66. The molecule has 2 heterocycles. The van der Waals surface area contributed by atoms with Gasteiger partial charge in [-0.25, -0.2) is 0 Å². The maximum Gasteiger partial charge on any atom is 0.257 e. The van der Waals surface area contributed by atoms with Crippen LogP contribution in [0.2, 0.25) is 0 Å². The Bertz CT molecular complexity index is 888. The van der Waals surface area contributed by atoms with Gasteiger partial charge in [0, 0.05) is 55.0 Å². The molecule has 0 saturated carbocycles. The van der Waals surface area contributed by atoms with Crippen molar-refractivity contribution in [2.45, 2.75) is 6.92 Å². The molecule has 3 N–H and O–H groups in total. The number of aryl methyl sites for hydroxylation is 1. The highest BCUT2D eigenvalue weighted by atomic mass is 16.5. The number of ether oxygens (including phenoxy) is 1. The number of hydrogen-bond donors (Lipinski definition) is 3. The third-order valence-electron chi connectivity index (χ3n) is 5.17. The van der Waals surface area contributed by atoms with E-state index >= 15 is 0 Å². The molecule has 146 valence electrons. The van der Waals surface area contributed by atoms with E-state index in [9.17, 15) is 4.79 Å². The van der Waals surface area contributed by atoms with E-state index in [2.05, 4.69) is 39.9 Å².